The lowest BCUT2D eigenvalue weighted by atomic mass is 9.85. The van der Waals surface area contributed by atoms with Gasteiger partial charge in [0.2, 0.25) is 0 Å². The van der Waals surface area contributed by atoms with Crippen LogP contribution in [-0.2, 0) is 25.7 Å². The molecule has 0 saturated carbocycles. The molecule has 2 aromatic heterocycles. The van der Waals surface area contributed by atoms with Crippen LogP contribution in [0.3, 0.4) is 0 Å². The fraction of sp³-hybridized carbons (Fsp3) is 0.114. The quantitative estimate of drug-likeness (QED) is 0.142. The summed E-state index contributed by atoms with van der Waals surface area (Å²) in [5.41, 5.74) is 20.6. The van der Waals surface area contributed by atoms with Gasteiger partial charge in [0.15, 0.2) is 11.2 Å². The number of furan rings is 2. The molecule has 11 aromatic carbocycles. The minimum absolute atomic E-state index is 0.882. The predicted molar refractivity (Wildman–Crippen MR) is 310 cm³/mol. The van der Waals surface area contributed by atoms with Crippen LogP contribution >= 0.6 is 0 Å². The van der Waals surface area contributed by atoms with Crippen molar-refractivity contribution >= 4 is 99.5 Å². The monoisotopic (exact) mass is 952 g/mol. The number of benzene rings is 11. The number of nitrogens with zero attached hydrogens (tertiary/aromatic N) is 2. The fourth-order valence-electron chi connectivity index (χ4n) is 12.7. The summed E-state index contributed by atoms with van der Waals surface area (Å²) in [5, 5.41) is 9.22. The van der Waals surface area contributed by atoms with Gasteiger partial charge in [0.25, 0.3) is 0 Å². The molecular formula is C70H52N2O2. The molecule has 4 nitrogen and oxygen atoms in total. The molecule has 74 heavy (non-hydrogen) atoms. The Morgan fingerprint density at radius 3 is 1.11 bits per heavy atom. The maximum absolute atomic E-state index is 6.84. The zero-order valence-electron chi connectivity index (χ0n) is 41.2. The van der Waals surface area contributed by atoms with E-state index in [-0.39, 0.29) is 0 Å². The summed E-state index contributed by atoms with van der Waals surface area (Å²) < 4.78 is 13.7. The Hall–Kier alpha value is -8.86. The van der Waals surface area contributed by atoms with E-state index in [1.54, 1.807) is 0 Å². The Bertz CT molecular complexity index is 4060. The second-order valence-electron chi connectivity index (χ2n) is 20.4. The zero-order chi connectivity index (χ0) is 48.7. The lowest BCUT2D eigenvalue weighted by Crippen LogP contribution is -2.12. The summed E-state index contributed by atoms with van der Waals surface area (Å²) in [7, 11) is 0. The molecular weight excluding hydrogens is 901 g/mol. The topological polar surface area (TPSA) is 32.8 Å². The fourth-order valence-corrected chi connectivity index (χ4v) is 12.7. The van der Waals surface area contributed by atoms with Gasteiger partial charge >= 0.3 is 0 Å². The second-order valence-corrected chi connectivity index (χ2v) is 20.4. The lowest BCUT2D eigenvalue weighted by Gasteiger charge is -2.29. The Morgan fingerprint density at radius 2 is 0.649 bits per heavy atom. The Kier molecular flexibility index (Phi) is 10.1. The maximum atomic E-state index is 6.84. The first kappa shape index (κ1) is 42.8. The largest absolute Gasteiger partial charge is 0.454 e. The molecule has 2 heterocycles. The van der Waals surface area contributed by atoms with E-state index in [1.807, 2.05) is 0 Å². The van der Waals surface area contributed by atoms with Crippen molar-refractivity contribution in [3.63, 3.8) is 0 Å². The first-order valence-corrected chi connectivity index (χ1v) is 26.5. The molecule has 0 amide bonds. The van der Waals surface area contributed by atoms with Crippen LogP contribution in [0.4, 0.5) is 34.1 Å². The van der Waals surface area contributed by atoms with E-state index in [9.17, 15) is 0 Å². The van der Waals surface area contributed by atoms with Gasteiger partial charge in [-0.15, -0.1) is 0 Å². The van der Waals surface area contributed by atoms with Crippen molar-refractivity contribution in [2.45, 2.75) is 51.4 Å². The molecule has 354 valence electrons. The van der Waals surface area contributed by atoms with Crippen LogP contribution in [0.15, 0.2) is 227 Å². The van der Waals surface area contributed by atoms with Gasteiger partial charge in [-0.05, 0) is 190 Å². The summed E-state index contributed by atoms with van der Waals surface area (Å²) in [6.07, 6.45) is 9.34. The van der Waals surface area contributed by atoms with E-state index in [0.29, 0.717) is 0 Å². The molecule has 2 aliphatic carbocycles. The summed E-state index contributed by atoms with van der Waals surface area (Å²) in [6, 6.07) is 80.6. The number of hydrogen-bond acceptors (Lipinski definition) is 4. The van der Waals surface area contributed by atoms with E-state index >= 15 is 0 Å². The maximum Gasteiger partial charge on any atom is 0.159 e. The number of hydrogen-bond donors (Lipinski definition) is 0. The summed E-state index contributed by atoms with van der Waals surface area (Å²) in [5.74, 6) is 0. The first-order chi connectivity index (χ1) is 36.7. The highest BCUT2D eigenvalue weighted by atomic mass is 16.3. The van der Waals surface area contributed by atoms with Gasteiger partial charge in [0, 0.05) is 44.3 Å². The van der Waals surface area contributed by atoms with Crippen LogP contribution in [-0.4, -0.2) is 0 Å². The molecule has 2 aliphatic rings. The molecule has 13 aromatic rings. The summed E-state index contributed by atoms with van der Waals surface area (Å²) in [4.78, 5) is 4.89. The zero-order valence-corrected chi connectivity index (χ0v) is 41.2. The highest BCUT2D eigenvalue weighted by molar-refractivity contribution is 6.23. The SMILES string of the molecule is c1ccc(-c2c3ccc(N(c4ccc5c(c4)CCCC5)c4cccc5c4oc4ccccc45)cc3c(-c3ccccc3)c3ccc(N(c4ccc5c(c4)CCCC5)c4cccc5c4oc4ccccc45)cc23)cc1. The van der Waals surface area contributed by atoms with Crippen molar-refractivity contribution in [1.82, 2.24) is 0 Å². The Labute approximate surface area is 430 Å². The Morgan fingerprint density at radius 1 is 0.270 bits per heavy atom. The number of rotatable bonds is 8. The standard InChI is InChI=1S/C70H52N2O2/c1-3-19-47(20-4-1)67-57-39-37-54(72(52-36-34-46-18-8-10-24-50(46)42-52)64-30-16-28-60-56-26-12-14-32-66(56)74-70(60)64)44-62(57)68(48-21-5-2-6-22-48)58-40-38-53(43-61(58)67)71(51-35-33-45-17-7-9-23-49(45)41-51)63-29-15-27-59-55-25-11-13-31-65(55)73-69(59)63/h1-6,11-16,19-22,25-44H,7-10,17-18,23-24H2. The van der Waals surface area contributed by atoms with E-state index in [4.69, 9.17) is 8.83 Å². The summed E-state index contributed by atoms with van der Waals surface area (Å²) >= 11 is 0. The van der Waals surface area contributed by atoms with Crippen LogP contribution in [0.1, 0.15) is 47.9 Å². The average molecular weight is 953 g/mol. The van der Waals surface area contributed by atoms with Crippen molar-refractivity contribution in [2.75, 3.05) is 9.80 Å². The van der Waals surface area contributed by atoms with Gasteiger partial charge in [-0.3, -0.25) is 0 Å². The van der Waals surface area contributed by atoms with Crippen LogP contribution < -0.4 is 9.80 Å². The Balaban J connectivity index is 1.01. The van der Waals surface area contributed by atoms with Crippen LogP contribution in [0.25, 0.3) is 87.7 Å². The highest BCUT2D eigenvalue weighted by Gasteiger charge is 2.26. The van der Waals surface area contributed by atoms with Gasteiger partial charge in [0.05, 0.1) is 11.4 Å². The molecule has 4 heteroatoms. The first-order valence-electron chi connectivity index (χ1n) is 26.5. The number of anilines is 6. The van der Waals surface area contributed by atoms with Crippen molar-refractivity contribution in [3.8, 4) is 22.3 Å². The molecule has 0 aliphatic heterocycles. The van der Waals surface area contributed by atoms with E-state index in [1.165, 1.54) is 91.7 Å². The lowest BCUT2D eigenvalue weighted by molar-refractivity contribution is 0.668. The van der Waals surface area contributed by atoms with Crippen molar-refractivity contribution < 1.29 is 8.83 Å². The van der Waals surface area contributed by atoms with Crippen LogP contribution in [0.2, 0.25) is 0 Å². The smallest absolute Gasteiger partial charge is 0.159 e. The molecule has 0 spiro atoms. The molecule has 0 N–H and O–H groups in total. The van der Waals surface area contributed by atoms with Crippen molar-refractivity contribution in [2.24, 2.45) is 0 Å². The van der Waals surface area contributed by atoms with Gasteiger partial charge in [0.1, 0.15) is 11.2 Å². The van der Waals surface area contributed by atoms with Crippen LogP contribution in [0.5, 0.6) is 0 Å². The van der Waals surface area contributed by atoms with E-state index in [2.05, 4.69) is 228 Å². The number of aryl methyl sites for hydroxylation is 4. The molecule has 0 atom stereocenters. The van der Waals surface area contributed by atoms with Crippen molar-refractivity contribution in [1.29, 1.82) is 0 Å². The average Bonchev–Trinajstić information content (AvgIpc) is 4.05. The van der Waals surface area contributed by atoms with E-state index in [0.717, 1.165) is 104 Å². The molecule has 0 radical (unpaired) electrons. The third kappa shape index (κ3) is 6.96. The minimum Gasteiger partial charge on any atom is -0.454 e. The second kappa shape index (κ2) is 17.4. The molecule has 0 bridgehead atoms. The van der Waals surface area contributed by atoms with Gasteiger partial charge < -0.3 is 18.6 Å². The molecule has 15 rings (SSSR count). The molecule has 0 fully saturated rings. The molecule has 0 unspecified atom stereocenters. The van der Waals surface area contributed by atoms with Gasteiger partial charge in [-0.1, -0.05) is 146 Å². The van der Waals surface area contributed by atoms with Crippen LogP contribution in [0, 0.1) is 0 Å². The normalized spacial score (nSPS) is 13.5. The van der Waals surface area contributed by atoms with Crippen molar-refractivity contribution in [3.05, 3.63) is 241 Å². The number of fused-ring (bicyclic) bond motifs is 10. The van der Waals surface area contributed by atoms with Gasteiger partial charge in [-0.2, -0.15) is 0 Å². The minimum atomic E-state index is 0.882. The third-order valence-corrected chi connectivity index (χ3v) is 16.2. The van der Waals surface area contributed by atoms with Gasteiger partial charge in [-0.25, -0.2) is 0 Å². The summed E-state index contributed by atoms with van der Waals surface area (Å²) in [6.45, 7) is 0. The third-order valence-electron chi connectivity index (χ3n) is 16.2. The molecule has 0 saturated heterocycles. The number of para-hydroxylation sites is 4. The van der Waals surface area contributed by atoms with E-state index < -0.39 is 0 Å². The predicted octanol–water partition coefficient (Wildman–Crippen LogP) is 19.8. The highest BCUT2D eigenvalue weighted by Crippen LogP contribution is 2.51.